The molecule has 1 heterocycles. The van der Waals surface area contributed by atoms with E-state index in [9.17, 15) is 9.59 Å². The first-order chi connectivity index (χ1) is 9.10. The average Bonchev–Trinajstić information content (AvgIpc) is 2.44. The molecule has 0 N–H and O–H groups in total. The van der Waals surface area contributed by atoms with Crippen LogP contribution in [-0.2, 0) is 14.3 Å². The topological polar surface area (TPSA) is 46.6 Å². The highest BCUT2D eigenvalue weighted by molar-refractivity contribution is 8.01. The number of hydrogen-bond donors (Lipinski definition) is 0. The second-order valence-corrected chi connectivity index (χ2v) is 6.18. The zero-order valence-corrected chi connectivity index (χ0v) is 13.0. The zero-order valence-electron chi connectivity index (χ0n) is 12.2. The van der Waals surface area contributed by atoms with Crippen LogP contribution in [-0.4, -0.2) is 47.0 Å². The molecule has 0 aliphatic carbocycles. The van der Waals surface area contributed by atoms with E-state index in [0.29, 0.717) is 12.6 Å². The van der Waals surface area contributed by atoms with Crippen molar-refractivity contribution in [3.63, 3.8) is 0 Å². The number of hydrogen-bond acceptors (Lipinski definition) is 4. The Kier molecular flexibility index (Phi) is 7.28. The van der Waals surface area contributed by atoms with Gasteiger partial charge in [-0.2, -0.15) is 0 Å². The number of piperidine rings is 1. The summed E-state index contributed by atoms with van der Waals surface area (Å²) in [5.41, 5.74) is 0. The summed E-state index contributed by atoms with van der Waals surface area (Å²) in [5, 5.41) is -0.170. The monoisotopic (exact) mass is 287 g/mol. The summed E-state index contributed by atoms with van der Waals surface area (Å²) >= 11 is 1.37. The van der Waals surface area contributed by atoms with E-state index in [-0.39, 0.29) is 22.9 Å². The molecule has 0 aromatic heterocycles. The number of amides is 1. The lowest BCUT2D eigenvalue weighted by Crippen LogP contribution is -2.46. The standard InChI is InChI=1S/C14H25NO3S/c1-4-12-8-6-7-9-15(12)14(17)11(3)19-10-13(16)18-5-2/h11-12H,4-10H2,1-3H3. The van der Waals surface area contributed by atoms with Crippen molar-refractivity contribution in [1.82, 2.24) is 4.90 Å². The van der Waals surface area contributed by atoms with E-state index in [1.807, 2.05) is 11.8 Å². The molecule has 4 nitrogen and oxygen atoms in total. The Morgan fingerprint density at radius 1 is 1.37 bits per heavy atom. The first-order valence-electron chi connectivity index (χ1n) is 7.17. The van der Waals surface area contributed by atoms with Crippen LogP contribution < -0.4 is 0 Å². The molecule has 0 aromatic carbocycles. The molecule has 2 unspecified atom stereocenters. The predicted molar refractivity (Wildman–Crippen MR) is 78.2 cm³/mol. The molecule has 110 valence electrons. The maximum Gasteiger partial charge on any atom is 0.315 e. The summed E-state index contributed by atoms with van der Waals surface area (Å²) in [6.45, 7) is 7.06. The minimum Gasteiger partial charge on any atom is -0.465 e. The van der Waals surface area contributed by atoms with Crippen LogP contribution in [0.25, 0.3) is 0 Å². The van der Waals surface area contributed by atoms with Gasteiger partial charge in [0.25, 0.3) is 0 Å². The lowest BCUT2D eigenvalue weighted by Gasteiger charge is -2.36. The minimum atomic E-state index is -0.238. The van der Waals surface area contributed by atoms with Crippen molar-refractivity contribution in [1.29, 1.82) is 0 Å². The van der Waals surface area contributed by atoms with Crippen LogP contribution in [0.4, 0.5) is 0 Å². The van der Waals surface area contributed by atoms with E-state index in [0.717, 1.165) is 25.8 Å². The van der Waals surface area contributed by atoms with Crippen molar-refractivity contribution in [2.45, 2.75) is 57.7 Å². The fourth-order valence-corrected chi connectivity index (χ4v) is 3.16. The Morgan fingerprint density at radius 3 is 2.74 bits per heavy atom. The third kappa shape index (κ3) is 5.05. The summed E-state index contributed by atoms with van der Waals surface area (Å²) < 4.78 is 4.88. The third-order valence-corrected chi connectivity index (χ3v) is 4.59. The molecular formula is C14H25NO3S. The smallest absolute Gasteiger partial charge is 0.315 e. The molecule has 1 amide bonds. The van der Waals surface area contributed by atoms with E-state index < -0.39 is 0 Å². The van der Waals surface area contributed by atoms with Gasteiger partial charge in [-0.1, -0.05) is 6.92 Å². The molecule has 1 aliphatic heterocycles. The Balaban J connectivity index is 2.44. The van der Waals surface area contributed by atoms with Gasteiger partial charge in [0.15, 0.2) is 0 Å². The Hall–Kier alpha value is -0.710. The van der Waals surface area contributed by atoms with Crippen LogP contribution in [0.15, 0.2) is 0 Å². The zero-order chi connectivity index (χ0) is 14.3. The fourth-order valence-electron chi connectivity index (χ4n) is 2.42. The van der Waals surface area contributed by atoms with Gasteiger partial charge in [0.2, 0.25) is 5.91 Å². The normalized spacial score (nSPS) is 21.0. The number of likely N-dealkylation sites (tertiary alicyclic amines) is 1. The summed E-state index contributed by atoms with van der Waals surface area (Å²) in [5.74, 6) is 0.185. The Bertz CT molecular complexity index is 309. The molecule has 1 saturated heterocycles. The lowest BCUT2D eigenvalue weighted by atomic mass is 10.00. The second-order valence-electron chi connectivity index (χ2n) is 4.85. The quantitative estimate of drug-likeness (QED) is 0.704. The maximum absolute atomic E-state index is 12.4. The van der Waals surface area contributed by atoms with E-state index in [1.165, 1.54) is 18.2 Å². The first kappa shape index (κ1) is 16.3. The third-order valence-electron chi connectivity index (χ3n) is 3.49. The number of carbonyl (C=O) groups excluding carboxylic acids is 2. The van der Waals surface area contributed by atoms with Crippen molar-refractivity contribution < 1.29 is 14.3 Å². The van der Waals surface area contributed by atoms with Gasteiger partial charge in [0, 0.05) is 12.6 Å². The second kappa shape index (κ2) is 8.46. The highest BCUT2D eigenvalue weighted by Crippen LogP contribution is 2.23. The van der Waals surface area contributed by atoms with Crippen LogP contribution in [0.1, 0.15) is 46.5 Å². The van der Waals surface area contributed by atoms with Crippen LogP contribution in [0.2, 0.25) is 0 Å². The molecule has 2 atom stereocenters. The van der Waals surface area contributed by atoms with Gasteiger partial charge in [-0.05, 0) is 39.5 Å². The number of esters is 1. The van der Waals surface area contributed by atoms with Gasteiger partial charge < -0.3 is 9.64 Å². The van der Waals surface area contributed by atoms with Crippen molar-refractivity contribution in [2.24, 2.45) is 0 Å². The van der Waals surface area contributed by atoms with Crippen LogP contribution in [0.5, 0.6) is 0 Å². The number of thioether (sulfide) groups is 1. The van der Waals surface area contributed by atoms with Gasteiger partial charge in [0.05, 0.1) is 17.6 Å². The van der Waals surface area contributed by atoms with Gasteiger partial charge >= 0.3 is 5.97 Å². The number of carbonyl (C=O) groups is 2. The molecule has 19 heavy (non-hydrogen) atoms. The molecule has 1 fully saturated rings. The number of ether oxygens (including phenoxy) is 1. The average molecular weight is 287 g/mol. The van der Waals surface area contributed by atoms with Crippen molar-refractivity contribution in [2.75, 3.05) is 18.9 Å². The van der Waals surface area contributed by atoms with Crippen molar-refractivity contribution >= 4 is 23.6 Å². The molecule has 0 aromatic rings. The fraction of sp³-hybridized carbons (Fsp3) is 0.857. The molecule has 0 radical (unpaired) electrons. The molecule has 1 rings (SSSR count). The summed E-state index contributed by atoms with van der Waals surface area (Å²) in [4.78, 5) is 25.7. The van der Waals surface area contributed by atoms with E-state index in [2.05, 4.69) is 6.92 Å². The molecule has 1 aliphatic rings. The minimum absolute atomic E-state index is 0.167. The molecule has 0 spiro atoms. The molecule has 5 heteroatoms. The van der Waals surface area contributed by atoms with Crippen LogP contribution in [0, 0.1) is 0 Å². The van der Waals surface area contributed by atoms with E-state index in [1.54, 1.807) is 6.92 Å². The van der Waals surface area contributed by atoms with Crippen molar-refractivity contribution in [3.8, 4) is 0 Å². The highest BCUT2D eigenvalue weighted by atomic mass is 32.2. The van der Waals surface area contributed by atoms with Crippen LogP contribution in [0.3, 0.4) is 0 Å². The SMILES string of the molecule is CCOC(=O)CSC(C)C(=O)N1CCCCC1CC. The lowest BCUT2D eigenvalue weighted by molar-refractivity contribution is -0.139. The summed E-state index contributed by atoms with van der Waals surface area (Å²) in [6, 6.07) is 0.381. The first-order valence-corrected chi connectivity index (χ1v) is 8.22. The molecular weight excluding hydrogens is 262 g/mol. The molecule has 0 saturated carbocycles. The predicted octanol–water partition coefficient (Wildman–Crippen LogP) is 2.46. The largest absolute Gasteiger partial charge is 0.465 e. The van der Waals surface area contributed by atoms with Crippen LogP contribution >= 0.6 is 11.8 Å². The van der Waals surface area contributed by atoms with Gasteiger partial charge in [-0.3, -0.25) is 9.59 Å². The van der Waals surface area contributed by atoms with Gasteiger partial charge in [0.1, 0.15) is 0 Å². The Labute approximate surface area is 120 Å². The Morgan fingerprint density at radius 2 is 2.11 bits per heavy atom. The van der Waals surface area contributed by atoms with Gasteiger partial charge in [-0.15, -0.1) is 11.8 Å². The van der Waals surface area contributed by atoms with Crippen molar-refractivity contribution in [3.05, 3.63) is 0 Å². The number of rotatable bonds is 6. The highest BCUT2D eigenvalue weighted by Gasteiger charge is 2.28. The van der Waals surface area contributed by atoms with Gasteiger partial charge in [-0.25, -0.2) is 0 Å². The summed E-state index contributed by atoms with van der Waals surface area (Å²) in [6.07, 6.45) is 4.43. The molecule has 0 bridgehead atoms. The maximum atomic E-state index is 12.4. The van der Waals surface area contributed by atoms with E-state index in [4.69, 9.17) is 4.74 Å². The number of nitrogens with zero attached hydrogens (tertiary/aromatic N) is 1. The summed E-state index contributed by atoms with van der Waals surface area (Å²) in [7, 11) is 0. The van der Waals surface area contributed by atoms with E-state index >= 15 is 0 Å².